The van der Waals surface area contributed by atoms with Crippen LogP contribution in [-0.4, -0.2) is 53.7 Å². The number of piperidine rings is 1. The molecule has 0 saturated carbocycles. The zero-order valence-corrected chi connectivity index (χ0v) is 14.8. The standard InChI is InChI=1S/C19H23N3O4/c1-24-19-20-10-9-17(21-19)26-16-8-5-11-22(12-16)18(23)14-25-13-15-6-3-2-4-7-15/h2-4,6-7,9-10,16H,5,8,11-14H2,1H3. The predicted molar refractivity (Wildman–Crippen MR) is 94.9 cm³/mol. The van der Waals surface area contributed by atoms with Crippen molar-refractivity contribution in [3.05, 3.63) is 48.2 Å². The quantitative estimate of drug-likeness (QED) is 0.755. The molecule has 7 heteroatoms. The molecule has 1 aliphatic heterocycles. The zero-order valence-electron chi connectivity index (χ0n) is 14.8. The van der Waals surface area contributed by atoms with Gasteiger partial charge < -0.3 is 19.1 Å². The Balaban J connectivity index is 1.47. The Kier molecular flexibility index (Phi) is 6.38. The number of methoxy groups -OCH3 is 1. The van der Waals surface area contributed by atoms with Gasteiger partial charge >= 0.3 is 6.01 Å². The van der Waals surface area contributed by atoms with Crippen LogP contribution in [0.4, 0.5) is 0 Å². The van der Waals surface area contributed by atoms with Crippen LogP contribution in [0, 0.1) is 0 Å². The van der Waals surface area contributed by atoms with Gasteiger partial charge in [-0.05, 0) is 18.4 Å². The van der Waals surface area contributed by atoms with Crippen molar-refractivity contribution in [3.8, 4) is 11.9 Å². The van der Waals surface area contributed by atoms with E-state index in [9.17, 15) is 4.79 Å². The molecule has 2 heterocycles. The first-order chi connectivity index (χ1) is 12.7. The maximum absolute atomic E-state index is 12.4. The van der Waals surface area contributed by atoms with E-state index in [0.717, 1.165) is 24.9 Å². The molecule has 3 rings (SSSR count). The van der Waals surface area contributed by atoms with Gasteiger partial charge in [0.05, 0.1) is 20.3 Å². The fraction of sp³-hybridized carbons (Fsp3) is 0.421. The van der Waals surface area contributed by atoms with Crippen LogP contribution in [0.1, 0.15) is 18.4 Å². The van der Waals surface area contributed by atoms with Gasteiger partial charge in [0.25, 0.3) is 0 Å². The molecule has 1 aromatic heterocycles. The number of likely N-dealkylation sites (tertiary alicyclic amines) is 1. The second kappa shape index (κ2) is 9.15. The van der Waals surface area contributed by atoms with E-state index in [1.54, 1.807) is 17.2 Å². The summed E-state index contributed by atoms with van der Waals surface area (Å²) in [6, 6.07) is 11.8. The summed E-state index contributed by atoms with van der Waals surface area (Å²) >= 11 is 0. The van der Waals surface area contributed by atoms with Crippen LogP contribution in [0.3, 0.4) is 0 Å². The maximum atomic E-state index is 12.4. The first kappa shape index (κ1) is 18.1. The lowest BCUT2D eigenvalue weighted by atomic mass is 10.1. The van der Waals surface area contributed by atoms with Crippen LogP contribution < -0.4 is 9.47 Å². The lowest BCUT2D eigenvalue weighted by Crippen LogP contribution is -2.45. The van der Waals surface area contributed by atoms with Gasteiger partial charge in [0.15, 0.2) is 0 Å². The summed E-state index contributed by atoms with van der Waals surface area (Å²) in [5.41, 5.74) is 1.05. The van der Waals surface area contributed by atoms with E-state index in [1.807, 2.05) is 30.3 Å². The molecule has 0 aliphatic carbocycles. The molecule has 0 bridgehead atoms. The number of rotatable bonds is 7. The highest BCUT2D eigenvalue weighted by Gasteiger charge is 2.25. The number of ether oxygens (including phenoxy) is 3. The van der Waals surface area contributed by atoms with Gasteiger partial charge in [-0.3, -0.25) is 4.79 Å². The highest BCUT2D eigenvalue weighted by atomic mass is 16.5. The number of benzene rings is 1. The number of aromatic nitrogens is 2. The van der Waals surface area contributed by atoms with Crippen LogP contribution in [0.2, 0.25) is 0 Å². The molecule has 0 N–H and O–H groups in total. The number of hydrogen-bond donors (Lipinski definition) is 0. The molecule has 1 aliphatic rings. The molecule has 0 spiro atoms. The summed E-state index contributed by atoms with van der Waals surface area (Å²) in [5.74, 6) is 0.436. The van der Waals surface area contributed by atoms with Crippen molar-refractivity contribution in [1.82, 2.24) is 14.9 Å². The molecule has 7 nitrogen and oxygen atoms in total. The highest BCUT2D eigenvalue weighted by molar-refractivity contribution is 5.77. The molecular weight excluding hydrogens is 334 g/mol. The van der Waals surface area contributed by atoms with E-state index in [1.165, 1.54) is 7.11 Å². The largest absolute Gasteiger partial charge is 0.472 e. The Morgan fingerprint density at radius 2 is 2.12 bits per heavy atom. The number of hydrogen-bond acceptors (Lipinski definition) is 6. The summed E-state index contributed by atoms with van der Waals surface area (Å²) < 4.78 is 16.4. The summed E-state index contributed by atoms with van der Waals surface area (Å²) in [4.78, 5) is 22.3. The van der Waals surface area contributed by atoms with Gasteiger partial charge in [-0.1, -0.05) is 30.3 Å². The van der Waals surface area contributed by atoms with Crippen molar-refractivity contribution < 1.29 is 19.0 Å². The fourth-order valence-electron chi connectivity index (χ4n) is 2.84. The first-order valence-electron chi connectivity index (χ1n) is 8.68. The van der Waals surface area contributed by atoms with E-state index < -0.39 is 0 Å². The molecule has 2 aromatic rings. The molecule has 1 aromatic carbocycles. The van der Waals surface area contributed by atoms with Crippen LogP contribution in [0.25, 0.3) is 0 Å². The average molecular weight is 357 g/mol. The summed E-state index contributed by atoms with van der Waals surface area (Å²) in [5, 5.41) is 0. The number of carbonyl (C=O) groups is 1. The molecule has 1 atom stereocenters. The Morgan fingerprint density at radius 1 is 1.27 bits per heavy atom. The van der Waals surface area contributed by atoms with Gasteiger partial charge in [-0.15, -0.1) is 0 Å². The van der Waals surface area contributed by atoms with Gasteiger partial charge in [-0.25, -0.2) is 4.98 Å². The molecule has 0 radical (unpaired) electrons. The molecular formula is C19H23N3O4. The minimum Gasteiger partial charge on any atom is -0.472 e. The Labute approximate surface area is 152 Å². The zero-order chi connectivity index (χ0) is 18.2. The second-order valence-electron chi connectivity index (χ2n) is 6.08. The number of amides is 1. The Hall–Kier alpha value is -2.67. The smallest absolute Gasteiger partial charge is 0.319 e. The lowest BCUT2D eigenvalue weighted by molar-refractivity contribution is -0.139. The number of carbonyl (C=O) groups excluding carboxylic acids is 1. The summed E-state index contributed by atoms with van der Waals surface area (Å²) in [6.07, 6.45) is 3.25. The van der Waals surface area contributed by atoms with E-state index >= 15 is 0 Å². The first-order valence-corrected chi connectivity index (χ1v) is 8.68. The normalized spacial score (nSPS) is 17.0. The van der Waals surface area contributed by atoms with Crippen LogP contribution >= 0.6 is 0 Å². The van der Waals surface area contributed by atoms with Crippen molar-refractivity contribution in [1.29, 1.82) is 0 Å². The third-order valence-corrected chi connectivity index (χ3v) is 4.15. The molecule has 26 heavy (non-hydrogen) atoms. The van der Waals surface area contributed by atoms with Crippen molar-refractivity contribution in [2.24, 2.45) is 0 Å². The van der Waals surface area contributed by atoms with Crippen molar-refractivity contribution >= 4 is 5.91 Å². The van der Waals surface area contributed by atoms with Crippen LogP contribution in [0.15, 0.2) is 42.6 Å². The monoisotopic (exact) mass is 357 g/mol. The summed E-state index contributed by atoms with van der Waals surface area (Å²) in [6.45, 7) is 1.75. The predicted octanol–water partition coefficient (Wildman–Crippen LogP) is 2.07. The maximum Gasteiger partial charge on any atom is 0.319 e. The lowest BCUT2D eigenvalue weighted by Gasteiger charge is -2.32. The van der Waals surface area contributed by atoms with Crippen molar-refractivity contribution in [2.45, 2.75) is 25.6 Å². The molecule has 1 fully saturated rings. The fourth-order valence-corrected chi connectivity index (χ4v) is 2.84. The van der Waals surface area contributed by atoms with Crippen molar-refractivity contribution in [2.75, 3.05) is 26.8 Å². The number of nitrogens with zero attached hydrogens (tertiary/aromatic N) is 3. The van der Waals surface area contributed by atoms with Gasteiger partial charge in [-0.2, -0.15) is 4.98 Å². The molecule has 1 unspecified atom stereocenters. The van der Waals surface area contributed by atoms with Crippen LogP contribution in [0.5, 0.6) is 11.9 Å². The van der Waals surface area contributed by atoms with Gasteiger partial charge in [0.2, 0.25) is 11.8 Å². The minimum atomic E-state index is -0.0959. The third kappa shape index (κ3) is 5.16. The Bertz CT molecular complexity index is 711. The van der Waals surface area contributed by atoms with E-state index in [0.29, 0.717) is 19.0 Å². The molecule has 1 amide bonds. The average Bonchev–Trinajstić information content (AvgIpc) is 2.69. The minimum absolute atomic E-state index is 0.0190. The van der Waals surface area contributed by atoms with E-state index in [4.69, 9.17) is 14.2 Å². The van der Waals surface area contributed by atoms with E-state index in [2.05, 4.69) is 9.97 Å². The topological polar surface area (TPSA) is 73.8 Å². The van der Waals surface area contributed by atoms with Crippen molar-refractivity contribution in [3.63, 3.8) is 0 Å². The third-order valence-electron chi connectivity index (χ3n) is 4.15. The second-order valence-corrected chi connectivity index (χ2v) is 6.08. The van der Waals surface area contributed by atoms with Gasteiger partial charge in [0, 0.05) is 18.8 Å². The van der Waals surface area contributed by atoms with E-state index in [-0.39, 0.29) is 24.6 Å². The summed E-state index contributed by atoms with van der Waals surface area (Å²) in [7, 11) is 1.51. The van der Waals surface area contributed by atoms with Crippen LogP contribution in [-0.2, 0) is 16.1 Å². The SMILES string of the molecule is COc1nccc(OC2CCCN(C(=O)COCc3ccccc3)C2)n1. The Morgan fingerprint density at radius 3 is 2.92 bits per heavy atom. The molecule has 1 saturated heterocycles. The highest BCUT2D eigenvalue weighted by Crippen LogP contribution is 2.18. The van der Waals surface area contributed by atoms with Gasteiger partial charge in [0.1, 0.15) is 12.7 Å². The molecule has 138 valence electrons.